The first-order valence-electron chi connectivity index (χ1n) is 6.24. The summed E-state index contributed by atoms with van der Waals surface area (Å²) in [6.07, 6.45) is 1.67. The number of carbonyl (C=O) groups excluding carboxylic acids is 1. The Morgan fingerprint density at radius 2 is 2.00 bits per heavy atom. The normalized spacial score (nSPS) is 42.4. The zero-order chi connectivity index (χ0) is 15.0. The van der Waals surface area contributed by atoms with Crippen molar-refractivity contribution >= 4 is 16.1 Å². The summed E-state index contributed by atoms with van der Waals surface area (Å²) in [6.45, 7) is -1.71. The maximum Gasteiger partial charge on any atom is 0.402 e. The van der Waals surface area contributed by atoms with Crippen LogP contribution in [0.2, 0.25) is 0 Å². The van der Waals surface area contributed by atoms with Gasteiger partial charge in [-0.05, 0) is 37.5 Å². The van der Waals surface area contributed by atoms with Crippen LogP contribution in [0.15, 0.2) is 0 Å². The van der Waals surface area contributed by atoms with E-state index in [1.807, 2.05) is 0 Å². The van der Waals surface area contributed by atoms with E-state index in [1.165, 1.54) is 0 Å². The van der Waals surface area contributed by atoms with Crippen LogP contribution in [0, 0.1) is 17.3 Å². The highest BCUT2D eigenvalue weighted by Gasteiger charge is 2.72. The van der Waals surface area contributed by atoms with Gasteiger partial charge in [0, 0.05) is 0 Å². The molecule has 0 aromatic rings. The van der Waals surface area contributed by atoms with Crippen molar-refractivity contribution in [3.8, 4) is 0 Å². The van der Waals surface area contributed by atoms with Gasteiger partial charge in [-0.2, -0.15) is 17.2 Å². The number of rotatable bonds is 4. The second-order valence-electron chi connectivity index (χ2n) is 6.23. The Morgan fingerprint density at radius 1 is 1.35 bits per heavy atom. The van der Waals surface area contributed by atoms with Gasteiger partial charge in [0.2, 0.25) is 0 Å². The lowest BCUT2D eigenvalue weighted by Crippen LogP contribution is -2.54. The Balaban J connectivity index is 1.67. The van der Waals surface area contributed by atoms with Gasteiger partial charge in [0.25, 0.3) is 0 Å². The molecule has 0 spiro atoms. The number of aliphatic hydroxyl groups is 1. The number of hydrogen-bond donors (Lipinski definition) is 2. The summed E-state index contributed by atoms with van der Waals surface area (Å²) in [5.74, 6) is -0.690. The zero-order valence-electron chi connectivity index (χ0n) is 10.4. The molecule has 114 valence electrons. The van der Waals surface area contributed by atoms with Crippen LogP contribution in [-0.4, -0.2) is 41.5 Å². The predicted molar refractivity (Wildman–Crippen MR) is 60.3 cm³/mol. The average Bonchev–Trinajstić information content (AvgIpc) is 2.72. The second kappa shape index (κ2) is 3.69. The third kappa shape index (κ3) is 1.72. The Hall–Kier alpha value is -0.800. The van der Waals surface area contributed by atoms with Gasteiger partial charge in [-0.15, -0.1) is 0 Å². The van der Waals surface area contributed by atoms with Crippen molar-refractivity contribution < 1.29 is 36.4 Å². The van der Waals surface area contributed by atoms with Gasteiger partial charge < -0.3 is 9.84 Å². The summed E-state index contributed by atoms with van der Waals surface area (Å²) in [5, 5.41) is 5.61. The van der Waals surface area contributed by atoms with Gasteiger partial charge in [0.15, 0.2) is 6.61 Å². The maximum atomic E-state index is 13.0. The SMILES string of the molecule is O=C(OCC(F)(F)S(=O)(=O)O)C12CC3CC(O)(C1)C3C2. The van der Waals surface area contributed by atoms with Crippen molar-refractivity contribution in [3.63, 3.8) is 0 Å². The molecule has 3 rings (SSSR count). The number of carbonyl (C=O) groups is 1. The zero-order valence-corrected chi connectivity index (χ0v) is 11.2. The molecule has 2 bridgehead atoms. The highest BCUT2D eigenvalue weighted by atomic mass is 32.2. The minimum Gasteiger partial charge on any atom is -0.458 e. The van der Waals surface area contributed by atoms with Crippen molar-refractivity contribution in [1.82, 2.24) is 0 Å². The van der Waals surface area contributed by atoms with Crippen LogP contribution in [0.1, 0.15) is 25.7 Å². The molecule has 0 amide bonds. The molecule has 3 aliphatic carbocycles. The van der Waals surface area contributed by atoms with Crippen LogP contribution < -0.4 is 0 Å². The summed E-state index contributed by atoms with van der Waals surface area (Å²) < 4.78 is 59.6. The highest BCUT2D eigenvalue weighted by molar-refractivity contribution is 7.86. The number of hydrogen-bond acceptors (Lipinski definition) is 5. The molecule has 0 saturated heterocycles. The van der Waals surface area contributed by atoms with E-state index in [1.54, 1.807) is 0 Å². The fourth-order valence-corrected chi connectivity index (χ4v) is 4.36. The molecule has 3 saturated carbocycles. The standard InChI is InChI=1S/C11H14F2O6S/c12-11(13,20(16,17)18)5-19-8(14)9-1-6-2-10(15,4-9)7(6)3-9/h6-7,15H,1-5H2,(H,16,17,18). The molecule has 3 fully saturated rings. The van der Waals surface area contributed by atoms with Crippen LogP contribution in [0.25, 0.3) is 0 Å². The fraction of sp³-hybridized carbons (Fsp3) is 0.909. The molecule has 6 nitrogen and oxygen atoms in total. The summed E-state index contributed by atoms with van der Waals surface area (Å²) in [7, 11) is -5.61. The van der Waals surface area contributed by atoms with E-state index in [0.717, 1.165) is 0 Å². The summed E-state index contributed by atoms with van der Waals surface area (Å²) >= 11 is 0. The quantitative estimate of drug-likeness (QED) is 0.581. The Kier molecular flexibility index (Phi) is 2.61. The van der Waals surface area contributed by atoms with Gasteiger partial charge in [0.05, 0.1) is 11.0 Å². The number of alkyl halides is 2. The van der Waals surface area contributed by atoms with Gasteiger partial charge in [-0.25, -0.2) is 0 Å². The lowest BCUT2D eigenvalue weighted by molar-refractivity contribution is -0.175. The topological polar surface area (TPSA) is 101 Å². The number of ether oxygens (including phenoxy) is 1. The first-order valence-corrected chi connectivity index (χ1v) is 7.68. The van der Waals surface area contributed by atoms with E-state index in [4.69, 9.17) is 4.55 Å². The van der Waals surface area contributed by atoms with E-state index in [9.17, 15) is 27.1 Å². The molecule has 20 heavy (non-hydrogen) atoms. The van der Waals surface area contributed by atoms with Crippen molar-refractivity contribution in [2.75, 3.05) is 6.61 Å². The lowest BCUT2D eigenvalue weighted by atomic mass is 9.58. The van der Waals surface area contributed by atoms with Gasteiger partial charge in [-0.3, -0.25) is 9.35 Å². The van der Waals surface area contributed by atoms with Crippen molar-refractivity contribution in [2.24, 2.45) is 17.3 Å². The lowest BCUT2D eigenvalue weighted by Gasteiger charge is -2.51. The minimum absolute atomic E-state index is 0.0112. The molecule has 3 aliphatic rings. The van der Waals surface area contributed by atoms with Crippen molar-refractivity contribution in [3.05, 3.63) is 0 Å². The van der Waals surface area contributed by atoms with E-state index in [-0.39, 0.29) is 18.3 Å². The molecule has 0 heterocycles. The fourth-order valence-electron chi connectivity index (χ4n) is 4.15. The Labute approximate surface area is 113 Å². The third-order valence-corrected chi connectivity index (χ3v) is 5.84. The summed E-state index contributed by atoms with van der Waals surface area (Å²) in [5.41, 5.74) is -1.87. The van der Waals surface area contributed by atoms with Crippen LogP contribution in [-0.2, 0) is 19.6 Å². The molecule has 4 atom stereocenters. The van der Waals surface area contributed by atoms with Crippen LogP contribution in [0.5, 0.6) is 0 Å². The molecule has 9 heteroatoms. The van der Waals surface area contributed by atoms with Gasteiger partial charge in [0.1, 0.15) is 0 Å². The van der Waals surface area contributed by atoms with Crippen LogP contribution in [0.4, 0.5) is 8.78 Å². The summed E-state index contributed by atoms with van der Waals surface area (Å²) in [6, 6.07) is 0. The van der Waals surface area contributed by atoms with E-state index in [0.29, 0.717) is 19.3 Å². The Morgan fingerprint density at radius 3 is 2.45 bits per heavy atom. The predicted octanol–water partition coefficient (Wildman–Crippen LogP) is 0.561. The highest BCUT2D eigenvalue weighted by Crippen LogP contribution is 2.71. The van der Waals surface area contributed by atoms with Crippen LogP contribution >= 0.6 is 0 Å². The molecule has 0 radical (unpaired) electrons. The second-order valence-corrected chi connectivity index (χ2v) is 7.78. The van der Waals surface area contributed by atoms with Crippen molar-refractivity contribution in [1.29, 1.82) is 0 Å². The third-order valence-electron chi connectivity index (χ3n) is 4.96. The van der Waals surface area contributed by atoms with E-state index in [2.05, 4.69) is 4.74 Å². The average molecular weight is 312 g/mol. The maximum absolute atomic E-state index is 13.0. The van der Waals surface area contributed by atoms with Gasteiger partial charge >= 0.3 is 21.3 Å². The molecule has 0 aromatic carbocycles. The summed E-state index contributed by atoms with van der Waals surface area (Å²) in [4.78, 5) is 12.0. The minimum atomic E-state index is -5.61. The number of fused-ring (bicyclic) bond motifs is 1. The smallest absolute Gasteiger partial charge is 0.402 e. The van der Waals surface area contributed by atoms with Gasteiger partial charge in [-0.1, -0.05) is 0 Å². The molecular weight excluding hydrogens is 298 g/mol. The first-order chi connectivity index (χ1) is 8.99. The molecular formula is C11H14F2O6S. The molecule has 0 aliphatic heterocycles. The number of halogens is 2. The largest absolute Gasteiger partial charge is 0.458 e. The monoisotopic (exact) mass is 312 g/mol. The molecule has 2 N–H and O–H groups in total. The molecule has 0 aromatic heterocycles. The van der Waals surface area contributed by atoms with E-state index >= 15 is 0 Å². The van der Waals surface area contributed by atoms with Crippen LogP contribution in [0.3, 0.4) is 0 Å². The molecule has 4 unspecified atom stereocenters. The Bertz CT molecular complexity index is 575. The number of esters is 1. The first kappa shape index (κ1) is 14.2. The van der Waals surface area contributed by atoms with Crippen molar-refractivity contribution in [2.45, 2.75) is 36.5 Å². The van der Waals surface area contributed by atoms with E-state index < -0.39 is 39.0 Å².